The number of alkyl halides is 2. The van der Waals surface area contributed by atoms with Crippen molar-refractivity contribution in [3.63, 3.8) is 0 Å². The number of amides is 1. The summed E-state index contributed by atoms with van der Waals surface area (Å²) in [7, 11) is 0. The van der Waals surface area contributed by atoms with Gasteiger partial charge in [0, 0.05) is 6.42 Å². The van der Waals surface area contributed by atoms with Crippen LogP contribution < -0.4 is 0 Å². The number of likely N-dealkylation sites (tertiary alicyclic amines) is 1. The van der Waals surface area contributed by atoms with Crippen molar-refractivity contribution in [2.75, 3.05) is 6.54 Å². The molecule has 1 heterocycles. The van der Waals surface area contributed by atoms with Gasteiger partial charge in [-0.2, -0.15) is 0 Å². The molecule has 0 spiro atoms. The van der Waals surface area contributed by atoms with E-state index in [0.29, 0.717) is 6.29 Å². The minimum atomic E-state index is -2.90. The number of rotatable bonds is 2. The number of carbonyl (C=O) groups is 2. The Morgan fingerprint density at radius 2 is 2.09 bits per heavy atom. The van der Waals surface area contributed by atoms with Crippen LogP contribution in [-0.4, -0.2) is 36.1 Å². The molecule has 0 aromatic carbocycles. The Morgan fingerprint density at radius 3 is 2.45 bits per heavy atom. The number of hydrogen-bond acceptors (Lipinski definition) is 2. The summed E-state index contributed by atoms with van der Waals surface area (Å²) in [6, 6.07) is -0.942. The molecule has 1 atom stereocenters. The van der Waals surface area contributed by atoms with Gasteiger partial charge in [0.2, 0.25) is 6.41 Å². The van der Waals surface area contributed by atoms with E-state index in [-0.39, 0.29) is 6.41 Å². The maximum atomic E-state index is 12.5. The van der Waals surface area contributed by atoms with Crippen LogP contribution in [0.2, 0.25) is 0 Å². The van der Waals surface area contributed by atoms with Crippen LogP contribution in [-0.2, 0) is 9.59 Å². The van der Waals surface area contributed by atoms with Crippen LogP contribution in [0.25, 0.3) is 0 Å². The van der Waals surface area contributed by atoms with Gasteiger partial charge in [0.1, 0.15) is 6.29 Å². The molecule has 1 fully saturated rings. The molecule has 1 aliphatic heterocycles. The zero-order chi connectivity index (χ0) is 8.48. The molecule has 0 aromatic rings. The molecule has 5 heteroatoms. The fraction of sp³-hybridized carbons (Fsp3) is 0.667. The topological polar surface area (TPSA) is 37.4 Å². The summed E-state index contributed by atoms with van der Waals surface area (Å²) in [5.74, 6) is -2.90. The number of halogens is 2. The molecule has 1 aliphatic rings. The maximum Gasteiger partial charge on any atom is 0.267 e. The number of aldehydes is 1. The second-order valence-corrected chi connectivity index (χ2v) is 2.54. The van der Waals surface area contributed by atoms with E-state index in [0.717, 1.165) is 4.90 Å². The molecule has 1 saturated heterocycles. The van der Waals surface area contributed by atoms with Gasteiger partial charge in [-0.15, -0.1) is 0 Å². The van der Waals surface area contributed by atoms with E-state index in [1.807, 2.05) is 0 Å². The van der Waals surface area contributed by atoms with Gasteiger partial charge >= 0.3 is 0 Å². The van der Waals surface area contributed by atoms with E-state index in [1.165, 1.54) is 0 Å². The van der Waals surface area contributed by atoms with Gasteiger partial charge in [-0.1, -0.05) is 0 Å². The molecular weight excluding hydrogens is 156 g/mol. The Labute approximate surface area is 62.0 Å². The van der Waals surface area contributed by atoms with Crippen LogP contribution >= 0.6 is 0 Å². The molecule has 0 unspecified atom stereocenters. The molecule has 62 valence electrons. The van der Waals surface area contributed by atoms with Crippen molar-refractivity contribution in [1.29, 1.82) is 0 Å². The molecular formula is C6H7F2NO2. The van der Waals surface area contributed by atoms with Crippen molar-refractivity contribution in [2.45, 2.75) is 18.4 Å². The van der Waals surface area contributed by atoms with Crippen LogP contribution in [0.5, 0.6) is 0 Å². The van der Waals surface area contributed by atoms with Crippen molar-refractivity contribution in [3.05, 3.63) is 0 Å². The van der Waals surface area contributed by atoms with Crippen LogP contribution in [0.15, 0.2) is 0 Å². The van der Waals surface area contributed by atoms with Gasteiger partial charge in [-0.3, -0.25) is 4.79 Å². The molecule has 0 radical (unpaired) electrons. The average Bonchev–Trinajstić information content (AvgIpc) is 2.25. The van der Waals surface area contributed by atoms with Crippen molar-refractivity contribution < 1.29 is 18.4 Å². The Kier molecular flexibility index (Phi) is 1.89. The van der Waals surface area contributed by atoms with E-state index in [1.54, 1.807) is 0 Å². The summed E-state index contributed by atoms with van der Waals surface area (Å²) >= 11 is 0. The lowest BCUT2D eigenvalue weighted by Gasteiger charge is -2.11. The quantitative estimate of drug-likeness (QED) is 0.539. The first-order valence-electron chi connectivity index (χ1n) is 3.13. The predicted molar refractivity (Wildman–Crippen MR) is 32.2 cm³/mol. The Balaban J connectivity index is 2.69. The van der Waals surface area contributed by atoms with Crippen molar-refractivity contribution in [2.24, 2.45) is 0 Å². The third-order valence-corrected chi connectivity index (χ3v) is 1.64. The fourth-order valence-electron chi connectivity index (χ4n) is 1.11. The molecule has 1 rings (SSSR count). The van der Waals surface area contributed by atoms with Crippen LogP contribution in [0.1, 0.15) is 6.42 Å². The van der Waals surface area contributed by atoms with Gasteiger partial charge < -0.3 is 9.69 Å². The Morgan fingerprint density at radius 1 is 1.45 bits per heavy atom. The predicted octanol–water partition coefficient (Wildman–Crippen LogP) is 0.0513. The fourth-order valence-corrected chi connectivity index (χ4v) is 1.11. The first-order chi connectivity index (χ1) is 5.09. The summed E-state index contributed by atoms with van der Waals surface area (Å²) in [5.41, 5.74) is 0. The first kappa shape index (κ1) is 8.10. The lowest BCUT2D eigenvalue weighted by atomic mass is 10.2. The highest BCUT2D eigenvalue weighted by atomic mass is 19.3. The highest BCUT2D eigenvalue weighted by Gasteiger charge is 2.44. The van der Waals surface area contributed by atoms with Crippen LogP contribution in [0.3, 0.4) is 0 Å². The van der Waals surface area contributed by atoms with E-state index in [2.05, 4.69) is 0 Å². The molecule has 0 N–H and O–H groups in total. The average molecular weight is 163 g/mol. The zero-order valence-corrected chi connectivity index (χ0v) is 5.67. The van der Waals surface area contributed by atoms with Crippen molar-refractivity contribution in [1.82, 2.24) is 4.90 Å². The smallest absolute Gasteiger partial charge is 0.267 e. The second kappa shape index (κ2) is 2.56. The molecule has 0 aromatic heterocycles. The minimum Gasteiger partial charge on any atom is -0.329 e. The molecule has 0 aliphatic carbocycles. The number of nitrogens with zero attached hydrogens (tertiary/aromatic N) is 1. The zero-order valence-electron chi connectivity index (χ0n) is 5.67. The van der Waals surface area contributed by atoms with Crippen LogP contribution in [0.4, 0.5) is 8.78 Å². The molecule has 1 amide bonds. The lowest BCUT2D eigenvalue weighted by Crippen LogP contribution is -2.29. The summed E-state index contributed by atoms with van der Waals surface area (Å²) in [6.45, 7) is -0.639. The number of hydrogen-bond donors (Lipinski definition) is 0. The van der Waals surface area contributed by atoms with Gasteiger partial charge in [-0.05, 0) is 0 Å². The first-order valence-corrected chi connectivity index (χ1v) is 3.13. The summed E-state index contributed by atoms with van der Waals surface area (Å²) < 4.78 is 24.9. The monoisotopic (exact) mass is 163 g/mol. The summed E-state index contributed by atoms with van der Waals surface area (Å²) in [6.07, 6.45) is 0.102. The van der Waals surface area contributed by atoms with E-state index >= 15 is 0 Å². The van der Waals surface area contributed by atoms with E-state index in [4.69, 9.17) is 0 Å². The third-order valence-electron chi connectivity index (χ3n) is 1.64. The molecule has 11 heavy (non-hydrogen) atoms. The van der Waals surface area contributed by atoms with Crippen molar-refractivity contribution >= 4 is 12.7 Å². The highest BCUT2D eigenvalue weighted by molar-refractivity contribution is 5.65. The molecule has 0 bridgehead atoms. The molecule has 3 nitrogen and oxygen atoms in total. The van der Waals surface area contributed by atoms with Crippen molar-refractivity contribution in [3.8, 4) is 0 Å². The summed E-state index contributed by atoms with van der Waals surface area (Å²) in [4.78, 5) is 21.0. The third kappa shape index (κ3) is 1.53. The largest absolute Gasteiger partial charge is 0.329 e. The lowest BCUT2D eigenvalue weighted by molar-refractivity contribution is -0.124. The van der Waals surface area contributed by atoms with Gasteiger partial charge in [0.15, 0.2) is 0 Å². The maximum absolute atomic E-state index is 12.5. The van der Waals surface area contributed by atoms with E-state index in [9.17, 15) is 18.4 Å². The molecule has 0 saturated carbocycles. The Bertz CT molecular complexity index is 165. The highest BCUT2D eigenvalue weighted by Crippen LogP contribution is 2.29. The second-order valence-electron chi connectivity index (χ2n) is 2.54. The minimum absolute atomic E-state index is 0.278. The van der Waals surface area contributed by atoms with Gasteiger partial charge in [-0.25, -0.2) is 8.78 Å². The number of carbonyl (C=O) groups excluding carboxylic acids is 2. The van der Waals surface area contributed by atoms with E-state index < -0.39 is 24.9 Å². The van der Waals surface area contributed by atoms with Gasteiger partial charge in [0.05, 0.1) is 12.6 Å². The van der Waals surface area contributed by atoms with Crippen LogP contribution in [0, 0.1) is 0 Å². The Hall–Kier alpha value is -1.00. The van der Waals surface area contributed by atoms with Gasteiger partial charge in [0.25, 0.3) is 5.92 Å². The SMILES string of the molecule is O=C[C@@H]1CC(F)(F)CN1C=O. The standard InChI is InChI=1S/C6H7F2NO2/c7-6(8)1-5(2-10)9(3-6)4-11/h2,4-5H,1,3H2/t5-/m0/s1. The normalized spacial score (nSPS) is 28.5. The summed E-state index contributed by atoms with van der Waals surface area (Å²) in [5, 5.41) is 0.